The van der Waals surface area contributed by atoms with Crippen LogP contribution in [0.2, 0.25) is 0 Å². The Morgan fingerprint density at radius 1 is 1.56 bits per heavy atom. The average Bonchev–Trinajstić information content (AvgIpc) is 2.38. The summed E-state index contributed by atoms with van der Waals surface area (Å²) in [5, 5.41) is 9.04. The van der Waals surface area contributed by atoms with Gasteiger partial charge in [0, 0.05) is 6.42 Å². The van der Waals surface area contributed by atoms with Gasteiger partial charge in [-0.15, -0.1) is 0 Å². The van der Waals surface area contributed by atoms with Crippen LogP contribution < -0.4 is 0 Å². The maximum atomic E-state index is 13.2. The Balaban J connectivity index is 2.69. The lowest BCUT2D eigenvalue weighted by Crippen LogP contribution is -2.35. The Morgan fingerprint density at radius 2 is 2.12 bits per heavy atom. The fourth-order valence-electron chi connectivity index (χ4n) is 1.76. The van der Waals surface area contributed by atoms with E-state index < -0.39 is 24.1 Å². The van der Waals surface area contributed by atoms with E-state index in [1.54, 1.807) is 0 Å². The highest BCUT2D eigenvalue weighted by molar-refractivity contribution is 5.00. The molecule has 1 N–H and O–H groups in total. The van der Waals surface area contributed by atoms with Crippen LogP contribution in [0.4, 0.5) is 8.78 Å². The van der Waals surface area contributed by atoms with Gasteiger partial charge in [-0.05, 0) is 27.4 Å². The summed E-state index contributed by atoms with van der Waals surface area (Å²) in [6.45, 7) is 8.35. The molecule has 0 saturated carbocycles. The highest BCUT2D eigenvalue weighted by atomic mass is 19.3. The average molecular weight is 235 g/mol. The third kappa shape index (κ3) is 3.33. The minimum absolute atomic E-state index is 0.198. The molecule has 0 aliphatic carbocycles. The Hall–Kier alpha value is -0.840. The van der Waals surface area contributed by atoms with Crippen LogP contribution >= 0.6 is 0 Å². The van der Waals surface area contributed by atoms with Gasteiger partial charge in [-0.25, -0.2) is 8.78 Å². The molecule has 1 heterocycles. The Morgan fingerprint density at radius 3 is 2.56 bits per heavy atom. The van der Waals surface area contributed by atoms with Crippen molar-refractivity contribution in [1.29, 1.82) is 0 Å². The van der Waals surface area contributed by atoms with Gasteiger partial charge < -0.3 is 14.7 Å². The molecular weight excluding hydrogens is 216 g/mol. The molecule has 1 fully saturated rings. The van der Waals surface area contributed by atoms with Crippen LogP contribution in [0.25, 0.3) is 0 Å². The van der Waals surface area contributed by atoms with Crippen LogP contribution in [0.5, 0.6) is 0 Å². The first-order valence-electron chi connectivity index (χ1n) is 5.28. The van der Waals surface area contributed by atoms with Crippen molar-refractivity contribution in [2.45, 2.75) is 44.8 Å². The zero-order valence-corrected chi connectivity index (χ0v) is 9.96. The molecule has 3 nitrogen and oxygen atoms in total. The largest absolute Gasteiger partial charge is 0.474 e. The predicted octanol–water partition coefficient (Wildman–Crippen LogP) is 1.97. The first-order chi connectivity index (χ1) is 7.14. The van der Waals surface area contributed by atoms with E-state index in [4.69, 9.17) is 9.84 Å². The van der Waals surface area contributed by atoms with E-state index in [1.807, 2.05) is 20.8 Å². The number of rotatable bonds is 3. The maximum absolute atomic E-state index is 13.2. The van der Waals surface area contributed by atoms with Crippen LogP contribution in [0, 0.1) is 0 Å². The minimum atomic E-state index is -2.78. The summed E-state index contributed by atoms with van der Waals surface area (Å²) in [5.74, 6) is -2.58. The Labute approximate surface area is 94.7 Å². The Kier molecular flexibility index (Phi) is 3.47. The summed E-state index contributed by atoms with van der Waals surface area (Å²) in [6, 6.07) is -0.607. The fourth-order valence-corrected chi connectivity index (χ4v) is 1.76. The summed E-state index contributed by atoms with van der Waals surface area (Å²) in [4.78, 5) is 1.34. The molecule has 94 valence electrons. The van der Waals surface area contributed by atoms with Crippen LogP contribution in [-0.4, -0.2) is 40.7 Å². The van der Waals surface area contributed by atoms with E-state index in [1.165, 1.54) is 4.90 Å². The van der Waals surface area contributed by atoms with Crippen molar-refractivity contribution in [3.63, 3.8) is 0 Å². The molecule has 1 atom stereocenters. The molecule has 16 heavy (non-hydrogen) atoms. The van der Waals surface area contributed by atoms with Crippen molar-refractivity contribution in [2.75, 3.05) is 13.2 Å². The maximum Gasteiger partial charge on any atom is 0.267 e. The van der Waals surface area contributed by atoms with Crippen LogP contribution in [0.15, 0.2) is 12.5 Å². The molecule has 0 aromatic carbocycles. The van der Waals surface area contributed by atoms with Gasteiger partial charge in [0.05, 0.1) is 19.2 Å². The van der Waals surface area contributed by atoms with Crippen molar-refractivity contribution in [2.24, 2.45) is 0 Å². The molecule has 1 aliphatic heterocycles. The van der Waals surface area contributed by atoms with Crippen LogP contribution in [-0.2, 0) is 4.74 Å². The van der Waals surface area contributed by atoms with Gasteiger partial charge in [0.25, 0.3) is 5.92 Å². The number of hydrogen-bond acceptors (Lipinski definition) is 3. The standard InChI is InChI=1S/C11H19F2NO2/c1-8(16-10(2,3)4)14-7-11(12,13)5-9(14)6-15/h9,15H,1,5-7H2,2-4H3/t9-/m1/s1. The van der Waals surface area contributed by atoms with Crippen LogP contribution in [0.3, 0.4) is 0 Å². The van der Waals surface area contributed by atoms with E-state index in [9.17, 15) is 8.78 Å². The zero-order valence-electron chi connectivity index (χ0n) is 9.96. The number of aliphatic hydroxyl groups is 1. The monoisotopic (exact) mass is 235 g/mol. The summed E-state index contributed by atoms with van der Waals surface area (Å²) in [5.41, 5.74) is -0.477. The van der Waals surface area contributed by atoms with Gasteiger partial charge in [0.2, 0.25) is 0 Å². The molecule has 0 bridgehead atoms. The van der Waals surface area contributed by atoms with Gasteiger partial charge in [-0.2, -0.15) is 0 Å². The number of alkyl halides is 2. The molecule has 0 spiro atoms. The highest BCUT2D eigenvalue weighted by Crippen LogP contribution is 2.34. The lowest BCUT2D eigenvalue weighted by molar-refractivity contribution is -0.0211. The molecule has 0 aromatic rings. The minimum Gasteiger partial charge on any atom is -0.474 e. The number of aliphatic hydroxyl groups excluding tert-OH is 1. The fraction of sp³-hybridized carbons (Fsp3) is 0.818. The normalized spacial score (nSPS) is 24.6. The quantitative estimate of drug-likeness (QED) is 0.759. The molecule has 0 amide bonds. The number of likely N-dealkylation sites (tertiary alicyclic amines) is 1. The predicted molar refractivity (Wildman–Crippen MR) is 57.1 cm³/mol. The molecule has 0 radical (unpaired) electrons. The van der Waals surface area contributed by atoms with E-state index in [0.29, 0.717) is 0 Å². The molecule has 1 rings (SSSR count). The third-order valence-electron chi connectivity index (χ3n) is 2.33. The second-order valence-electron chi connectivity index (χ2n) is 5.13. The molecule has 1 saturated heterocycles. The number of hydrogen-bond donors (Lipinski definition) is 1. The smallest absolute Gasteiger partial charge is 0.267 e. The summed E-state index contributed by atoms with van der Waals surface area (Å²) in [7, 11) is 0. The van der Waals surface area contributed by atoms with E-state index in [0.717, 1.165) is 0 Å². The lowest BCUT2D eigenvalue weighted by Gasteiger charge is -2.31. The Bertz CT molecular complexity index is 274. The van der Waals surface area contributed by atoms with Gasteiger partial charge in [-0.1, -0.05) is 0 Å². The summed E-state index contributed by atoms with van der Waals surface area (Å²) < 4.78 is 31.8. The van der Waals surface area contributed by atoms with Gasteiger partial charge in [0.15, 0.2) is 5.88 Å². The van der Waals surface area contributed by atoms with Crippen molar-refractivity contribution in [1.82, 2.24) is 4.90 Å². The molecular formula is C11H19F2NO2. The molecule has 0 unspecified atom stereocenters. The highest BCUT2D eigenvalue weighted by Gasteiger charge is 2.45. The number of ether oxygens (including phenoxy) is 1. The molecule has 1 aliphatic rings. The molecule has 5 heteroatoms. The second-order valence-corrected chi connectivity index (χ2v) is 5.13. The van der Waals surface area contributed by atoms with Gasteiger partial charge in [0.1, 0.15) is 5.60 Å². The van der Waals surface area contributed by atoms with Crippen molar-refractivity contribution < 1.29 is 18.6 Å². The van der Waals surface area contributed by atoms with Gasteiger partial charge in [-0.3, -0.25) is 0 Å². The topological polar surface area (TPSA) is 32.7 Å². The third-order valence-corrected chi connectivity index (χ3v) is 2.33. The number of nitrogens with zero attached hydrogens (tertiary/aromatic N) is 1. The first-order valence-corrected chi connectivity index (χ1v) is 5.28. The van der Waals surface area contributed by atoms with E-state index in [-0.39, 0.29) is 18.9 Å². The first kappa shape index (κ1) is 13.2. The van der Waals surface area contributed by atoms with E-state index in [2.05, 4.69) is 6.58 Å². The van der Waals surface area contributed by atoms with Crippen molar-refractivity contribution in [3.8, 4) is 0 Å². The molecule has 0 aromatic heterocycles. The SMILES string of the molecule is C=C(OC(C)(C)C)N1CC(F)(F)C[C@@H]1CO. The zero-order chi connectivity index (χ0) is 12.6. The lowest BCUT2D eigenvalue weighted by atomic mass is 10.2. The summed E-state index contributed by atoms with van der Waals surface area (Å²) >= 11 is 0. The van der Waals surface area contributed by atoms with Crippen molar-refractivity contribution in [3.05, 3.63) is 12.5 Å². The van der Waals surface area contributed by atoms with Gasteiger partial charge >= 0.3 is 0 Å². The van der Waals surface area contributed by atoms with Crippen molar-refractivity contribution >= 4 is 0 Å². The van der Waals surface area contributed by atoms with E-state index >= 15 is 0 Å². The number of halogens is 2. The second kappa shape index (κ2) is 4.20. The summed E-state index contributed by atoms with van der Waals surface area (Å²) in [6.07, 6.45) is -0.351. The van der Waals surface area contributed by atoms with Crippen LogP contribution in [0.1, 0.15) is 27.2 Å².